The van der Waals surface area contributed by atoms with Crippen LogP contribution in [0.25, 0.3) is 0 Å². The Morgan fingerprint density at radius 1 is 0.793 bits per heavy atom. The molecule has 162 valence electrons. The molecule has 0 heterocycles. The van der Waals surface area contributed by atoms with Gasteiger partial charge < -0.3 is 16.2 Å². The summed E-state index contributed by atoms with van der Waals surface area (Å²) in [4.78, 5) is 0. The van der Waals surface area contributed by atoms with Crippen LogP contribution in [0.2, 0.25) is 0 Å². The molecular formula is C26H42N2O. The lowest BCUT2D eigenvalue weighted by Crippen LogP contribution is -2.15. The van der Waals surface area contributed by atoms with Gasteiger partial charge in [0.25, 0.3) is 0 Å². The van der Waals surface area contributed by atoms with E-state index >= 15 is 0 Å². The monoisotopic (exact) mass is 398 g/mol. The fraction of sp³-hybridized carbons (Fsp3) is 0.692. The summed E-state index contributed by atoms with van der Waals surface area (Å²) in [5, 5.41) is 0. The van der Waals surface area contributed by atoms with Gasteiger partial charge in [0.15, 0.2) is 0 Å². The first-order valence-corrected chi connectivity index (χ1v) is 12.1. The Labute approximate surface area is 178 Å². The van der Waals surface area contributed by atoms with Crippen LogP contribution in [0.1, 0.15) is 84.0 Å². The van der Waals surface area contributed by atoms with Crippen LogP contribution < -0.4 is 16.2 Å². The Bertz CT molecular complexity index is 605. The summed E-state index contributed by atoms with van der Waals surface area (Å²) in [7, 11) is 0. The van der Waals surface area contributed by atoms with Crippen molar-refractivity contribution in [3.05, 3.63) is 30.4 Å². The van der Waals surface area contributed by atoms with Gasteiger partial charge in [-0.05, 0) is 93.9 Å². The predicted molar refractivity (Wildman–Crippen MR) is 125 cm³/mol. The first-order chi connectivity index (χ1) is 14.1. The van der Waals surface area contributed by atoms with E-state index in [1.165, 1.54) is 70.6 Å². The number of benzene rings is 1. The summed E-state index contributed by atoms with van der Waals surface area (Å²) < 4.78 is 5.84. The minimum atomic E-state index is 0.667. The summed E-state index contributed by atoms with van der Waals surface area (Å²) in [6, 6.07) is 5.46. The summed E-state index contributed by atoms with van der Waals surface area (Å²) in [6.07, 6.45) is 21.6. The quantitative estimate of drug-likeness (QED) is 0.268. The van der Waals surface area contributed by atoms with E-state index < -0.39 is 0 Å². The maximum absolute atomic E-state index is 5.84. The fourth-order valence-electron chi connectivity index (χ4n) is 5.35. The van der Waals surface area contributed by atoms with Crippen molar-refractivity contribution in [2.75, 3.05) is 18.1 Å². The smallest absolute Gasteiger partial charge is 0.123 e. The Morgan fingerprint density at radius 2 is 1.31 bits per heavy atom. The molecule has 3 rings (SSSR count). The van der Waals surface area contributed by atoms with Gasteiger partial charge in [-0.3, -0.25) is 0 Å². The minimum absolute atomic E-state index is 0.667. The van der Waals surface area contributed by atoms with Crippen LogP contribution in [0.5, 0.6) is 5.75 Å². The molecular weight excluding hydrogens is 356 g/mol. The van der Waals surface area contributed by atoms with Gasteiger partial charge in [-0.15, -0.1) is 0 Å². The molecule has 29 heavy (non-hydrogen) atoms. The SMILES string of the molecule is CCCC1CCC(/C=C/C2CCC(CCCOc3cc(N)cc(N)c3)CC2)CC1. The molecule has 4 N–H and O–H groups in total. The fourth-order valence-corrected chi connectivity index (χ4v) is 5.35. The average Bonchev–Trinajstić information content (AvgIpc) is 2.71. The largest absolute Gasteiger partial charge is 0.493 e. The molecule has 2 aliphatic carbocycles. The first kappa shape index (κ1) is 22.1. The predicted octanol–water partition coefficient (Wildman–Crippen LogP) is 6.98. The highest BCUT2D eigenvalue weighted by atomic mass is 16.5. The van der Waals surface area contributed by atoms with Gasteiger partial charge in [-0.2, -0.15) is 0 Å². The first-order valence-electron chi connectivity index (χ1n) is 12.1. The van der Waals surface area contributed by atoms with Crippen molar-refractivity contribution < 1.29 is 4.74 Å². The van der Waals surface area contributed by atoms with E-state index in [-0.39, 0.29) is 0 Å². The second kappa shape index (κ2) is 11.5. The number of hydrogen-bond donors (Lipinski definition) is 2. The van der Waals surface area contributed by atoms with Gasteiger partial charge in [0.1, 0.15) is 5.75 Å². The molecule has 0 aromatic heterocycles. The number of nitrogens with two attached hydrogens (primary N) is 2. The van der Waals surface area contributed by atoms with E-state index in [1.54, 1.807) is 6.07 Å². The van der Waals surface area contributed by atoms with Gasteiger partial charge in [0.2, 0.25) is 0 Å². The van der Waals surface area contributed by atoms with Crippen LogP contribution in [0, 0.1) is 23.7 Å². The number of hydrogen-bond acceptors (Lipinski definition) is 3. The zero-order valence-corrected chi connectivity index (χ0v) is 18.5. The number of nitrogen functional groups attached to an aromatic ring is 2. The minimum Gasteiger partial charge on any atom is -0.493 e. The molecule has 0 radical (unpaired) electrons. The molecule has 1 aromatic carbocycles. The van der Waals surface area contributed by atoms with Crippen molar-refractivity contribution >= 4 is 11.4 Å². The van der Waals surface area contributed by atoms with E-state index in [0.717, 1.165) is 42.4 Å². The summed E-state index contributed by atoms with van der Waals surface area (Å²) in [5.41, 5.74) is 13.0. The van der Waals surface area contributed by atoms with Gasteiger partial charge in [-0.1, -0.05) is 31.9 Å². The van der Waals surface area contributed by atoms with E-state index in [4.69, 9.17) is 16.2 Å². The topological polar surface area (TPSA) is 61.3 Å². The molecule has 3 nitrogen and oxygen atoms in total. The summed E-state index contributed by atoms with van der Waals surface area (Å²) in [5.74, 6) is 4.37. The van der Waals surface area contributed by atoms with Crippen molar-refractivity contribution in [2.24, 2.45) is 23.7 Å². The number of ether oxygens (including phenoxy) is 1. The summed E-state index contributed by atoms with van der Waals surface area (Å²) in [6.45, 7) is 3.08. The molecule has 0 bridgehead atoms. The van der Waals surface area contributed by atoms with Crippen molar-refractivity contribution in [1.29, 1.82) is 0 Å². The Morgan fingerprint density at radius 3 is 1.83 bits per heavy atom. The molecule has 0 spiro atoms. The lowest BCUT2D eigenvalue weighted by Gasteiger charge is -2.29. The van der Waals surface area contributed by atoms with Crippen LogP contribution in [0.3, 0.4) is 0 Å². The lowest BCUT2D eigenvalue weighted by atomic mass is 9.77. The van der Waals surface area contributed by atoms with Gasteiger partial charge in [-0.25, -0.2) is 0 Å². The highest BCUT2D eigenvalue weighted by Crippen LogP contribution is 2.35. The second-order valence-corrected chi connectivity index (χ2v) is 9.56. The van der Waals surface area contributed by atoms with Crippen LogP contribution in [0.4, 0.5) is 11.4 Å². The molecule has 2 aliphatic rings. The maximum atomic E-state index is 5.84. The number of allylic oxidation sites excluding steroid dienone is 2. The number of rotatable bonds is 9. The van der Waals surface area contributed by atoms with Crippen LogP contribution in [0.15, 0.2) is 30.4 Å². The molecule has 2 saturated carbocycles. The maximum Gasteiger partial charge on any atom is 0.123 e. The third-order valence-corrected chi connectivity index (χ3v) is 7.11. The molecule has 1 aromatic rings. The third kappa shape index (κ3) is 7.60. The van der Waals surface area contributed by atoms with Gasteiger partial charge >= 0.3 is 0 Å². The Hall–Kier alpha value is -1.64. The highest BCUT2D eigenvalue weighted by Gasteiger charge is 2.21. The molecule has 2 fully saturated rings. The van der Waals surface area contributed by atoms with Crippen molar-refractivity contribution in [3.8, 4) is 5.75 Å². The van der Waals surface area contributed by atoms with Gasteiger partial charge in [0, 0.05) is 23.5 Å². The van der Waals surface area contributed by atoms with Crippen LogP contribution in [-0.4, -0.2) is 6.61 Å². The third-order valence-electron chi connectivity index (χ3n) is 7.11. The van der Waals surface area contributed by atoms with E-state index in [2.05, 4.69) is 19.1 Å². The zero-order valence-electron chi connectivity index (χ0n) is 18.5. The highest BCUT2D eigenvalue weighted by molar-refractivity contribution is 5.56. The molecule has 0 aliphatic heterocycles. The van der Waals surface area contributed by atoms with Crippen molar-refractivity contribution in [1.82, 2.24) is 0 Å². The zero-order chi connectivity index (χ0) is 20.5. The molecule has 3 heteroatoms. The van der Waals surface area contributed by atoms with Crippen LogP contribution >= 0.6 is 0 Å². The van der Waals surface area contributed by atoms with Gasteiger partial charge in [0.05, 0.1) is 6.61 Å². The molecule has 0 amide bonds. The summed E-state index contributed by atoms with van der Waals surface area (Å²) >= 11 is 0. The average molecular weight is 399 g/mol. The molecule has 0 unspecified atom stereocenters. The Kier molecular flexibility index (Phi) is 8.76. The Balaban J connectivity index is 1.27. The van der Waals surface area contributed by atoms with E-state index in [1.807, 2.05) is 12.1 Å². The normalized spacial score (nSPS) is 27.9. The second-order valence-electron chi connectivity index (χ2n) is 9.56. The van der Waals surface area contributed by atoms with E-state index in [9.17, 15) is 0 Å². The molecule has 0 atom stereocenters. The van der Waals surface area contributed by atoms with Crippen molar-refractivity contribution in [2.45, 2.75) is 84.0 Å². The van der Waals surface area contributed by atoms with Crippen molar-refractivity contribution in [3.63, 3.8) is 0 Å². The lowest BCUT2D eigenvalue weighted by molar-refractivity contribution is 0.253. The van der Waals surface area contributed by atoms with Crippen LogP contribution in [-0.2, 0) is 0 Å². The number of anilines is 2. The standard InChI is InChI=1S/C26H42N2O/c1-2-4-20-6-10-22(11-7-20)14-15-23-12-8-21(9-13-23)5-3-16-29-26-18-24(27)17-25(28)19-26/h14-15,17-23H,2-13,16,27-28H2,1H3/b15-14+. The van der Waals surface area contributed by atoms with E-state index in [0.29, 0.717) is 11.4 Å². The molecule has 0 saturated heterocycles.